The summed E-state index contributed by atoms with van der Waals surface area (Å²) in [4.78, 5) is 13.1. The molecule has 0 bridgehead atoms. The van der Waals surface area contributed by atoms with Gasteiger partial charge in [0.25, 0.3) is 0 Å². The molecular formula is C21H19FO2S. The van der Waals surface area contributed by atoms with E-state index in [2.05, 4.69) is 30.3 Å². The summed E-state index contributed by atoms with van der Waals surface area (Å²) in [7, 11) is 0. The van der Waals surface area contributed by atoms with Gasteiger partial charge in [-0.15, -0.1) is 11.8 Å². The normalized spacial score (nSPS) is 14.4. The van der Waals surface area contributed by atoms with Gasteiger partial charge in [0.2, 0.25) is 0 Å². The summed E-state index contributed by atoms with van der Waals surface area (Å²) in [6.07, 6.45) is 6.19. The Hall–Kier alpha value is -2.33. The van der Waals surface area contributed by atoms with Crippen molar-refractivity contribution in [1.29, 1.82) is 0 Å². The second-order valence-electron chi connectivity index (χ2n) is 5.71. The number of ether oxygens (including phenoxy) is 1. The number of benzene rings is 2. The van der Waals surface area contributed by atoms with E-state index >= 15 is 0 Å². The van der Waals surface area contributed by atoms with Crippen molar-refractivity contribution in [3.63, 3.8) is 0 Å². The molecule has 3 rings (SSSR count). The smallest absolute Gasteiger partial charge is 0.310 e. The van der Waals surface area contributed by atoms with Gasteiger partial charge in [0.15, 0.2) is 0 Å². The number of hydrogen-bond donors (Lipinski definition) is 0. The lowest BCUT2D eigenvalue weighted by Gasteiger charge is -2.06. The highest BCUT2D eigenvalue weighted by molar-refractivity contribution is 7.98. The fourth-order valence-corrected chi connectivity index (χ4v) is 3.30. The largest absolute Gasteiger partial charge is 0.466 e. The van der Waals surface area contributed by atoms with Crippen LogP contribution in [0.5, 0.6) is 0 Å². The van der Waals surface area contributed by atoms with Crippen molar-refractivity contribution in [3.8, 4) is 0 Å². The molecule has 4 heteroatoms. The Kier molecular flexibility index (Phi) is 5.39. The van der Waals surface area contributed by atoms with Crippen molar-refractivity contribution >= 4 is 35.0 Å². The third kappa shape index (κ3) is 4.02. The topological polar surface area (TPSA) is 26.3 Å². The maximum atomic E-state index is 13.7. The molecule has 25 heavy (non-hydrogen) atoms. The fourth-order valence-electron chi connectivity index (χ4n) is 2.89. The first-order valence-corrected chi connectivity index (χ1v) is 9.35. The number of rotatable bonds is 5. The van der Waals surface area contributed by atoms with Gasteiger partial charge in [-0.1, -0.05) is 18.2 Å². The molecule has 0 radical (unpaired) electrons. The first-order chi connectivity index (χ1) is 12.1. The fraction of sp³-hybridized carbons (Fsp3) is 0.190. The second-order valence-corrected chi connectivity index (χ2v) is 6.59. The van der Waals surface area contributed by atoms with E-state index in [9.17, 15) is 9.18 Å². The van der Waals surface area contributed by atoms with Crippen molar-refractivity contribution in [2.45, 2.75) is 18.2 Å². The maximum Gasteiger partial charge on any atom is 0.310 e. The molecule has 0 saturated carbocycles. The Balaban J connectivity index is 1.97. The monoisotopic (exact) mass is 354 g/mol. The molecule has 2 nitrogen and oxygen atoms in total. The van der Waals surface area contributed by atoms with Gasteiger partial charge in [0.1, 0.15) is 5.82 Å². The number of hydrogen-bond acceptors (Lipinski definition) is 3. The lowest BCUT2D eigenvalue weighted by molar-refractivity contribution is -0.141. The summed E-state index contributed by atoms with van der Waals surface area (Å²) in [6, 6.07) is 12.9. The molecule has 2 aromatic rings. The predicted molar refractivity (Wildman–Crippen MR) is 102 cm³/mol. The number of thioether (sulfide) groups is 1. The van der Waals surface area contributed by atoms with Gasteiger partial charge in [-0.05, 0) is 77.4 Å². The molecule has 0 N–H and O–H groups in total. The molecule has 0 amide bonds. The van der Waals surface area contributed by atoms with Crippen LogP contribution < -0.4 is 0 Å². The molecule has 0 aliphatic heterocycles. The van der Waals surface area contributed by atoms with Gasteiger partial charge >= 0.3 is 5.97 Å². The van der Waals surface area contributed by atoms with Crippen LogP contribution in [0.1, 0.15) is 30.0 Å². The SMILES string of the molecule is CCOC(=O)CC1=C/C(=C\c2ccc(SC)cc2)c2ccc(F)cc21. The van der Waals surface area contributed by atoms with Gasteiger partial charge < -0.3 is 4.74 Å². The molecule has 0 spiro atoms. The van der Waals surface area contributed by atoms with Gasteiger partial charge in [0.05, 0.1) is 13.0 Å². The van der Waals surface area contributed by atoms with Crippen LogP contribution in [-0.2, 0) is 9.53 Å². The van der Waals surface area contributed by atoms with Gasteiger partial charge in [-0.3, -0.25) is 4.79 Å². The zero-order valence-electron chi connectivity index (χ0n) is 14.2. The van der Waals surface area contributed by atoms with Crippen molar-refractivity contribution < 1.29 is 13.9 Å². The zero-order chi connectivity index (χ0) is 17.8. The van der Waals surface area contributed by atoms with Gasteiger partial charge in [-0.25, -0.2) is 4.39 Å². The molecule has 1 aliphatic carbocycles. The lowest BCUT2D eigenvalue weighted by Crippen LogP contribution is -2.04. The van der Waals surface area contributed by atoms with Gasteiger partial charge in [0, 0.05) is 4.90 Å². The van der Waals surface area contributed by atoms with Crippen molar-refractivity contribution in [2.75, 3.05) is 12.9 Å². The minimum absolute atomic E-state index is 0.146. The molecule has 2 aromatic carbocycles. The first kappa shape index (κ1) is 17.5. The summed E-state index contributed by atoms with van der Waals surface area (Å²) in [5.41, 5.74) is 4.54. The van der Waals surface area contributed by atoms with Crippen molar-refractivity contribution in [3.05, 3.63) is 71.0 Å². The van der Waals surface area contributed by atoms with E-state index in [1.54, 1.807) is 24.8 Å². The highest BCUT2D eigenvalue weighted by atomic mass is 32.2. The third-order valence-electron chi connectivity index (χ3n) is 4.05. The van der Waals surface area contributed by atoms with Gasteiger partial charge in [-0.2, -0.15) is 0 Å². The molecule has 1 aliphatic rings. The van der Waals surface area contributed by atoms with E-state index in [-0.39, 0.29) is 18.2 Å². The van der Waals surface area contributed by atoms with E-state index in [0.717, 1.165) is 27.8 Å². The molecule has 0 heterocycles. The van der Waals surface area contributed by atoms with Crippen LogP contribution in [0.3, 0.4) is 0 Å². The average molecular weight is 354 g/mol. The third-order valence-corrected chi connectivity index (χ3v) is 4.79. The van der Waals surface area contributed by atoms with Crippen LogP contribution in [0.2, 0.25) is 0 Å². The number of halogens is 1. The molecule has 0 fully saturated rings. The number of esters is 1. The number of carbonyl (C=O) groups is 1. The minimum atomic E-state index is -0.306. The molecular weight excluding hydrogens is 335 g/mol. The highest BCUT2D eigenvalue weighted by Gasteiger charge is 2.21. The second kappa shape index (κ2) is 7.70. The van der Waals surface area contributed by atoms with Crippen LogP contribution >= 0.6 is 11.8 Å². The summed E-state index contributed by atoms with van der Waals surface area (Å²) < 4.78 is 18.7. The Morgan fingerprint density at radius 1 is 1.16 bits per heavy atom. The highest BCUT2D eigenvalue weighted by Crippen LogP contribution is 2.38. The molecule has 128 valence electrons. The predicted octanol–water partition coefficient (Wildman–Crippen LogP) is 5.44. The Bertz CT molecular complexity index is 851. The van der Waals surface area contributed by atoms with E-state index in [0.29, 0.717) is 6.61 Å². The molecule has 0 aromatic heterocycles. The van der Waals surface area contributed by atoms with Crippen LogP contribution in [0.4, 0.5) is 4.39 Å². The van der Waals surface area contributed by atoms with Crippen molar-refractivity contribution in [1.82, 2.24) is 0 Å². The first-order valence-electron chi connectivity index (χ1n) is 8.13. The van der Waals surface area contributed by atoms with E-state index in [1.807, 2.05) is 12.3 Å². The van der Waals surface area contributed by atoms with E-state index < -0.39 is 0 Å². The summed E-state index contributed by atoms with van der Waals surface area (Å²) in [5, 5.41) is 0. The van der Waals surface area contributed by atoms with Crippen molar-refractivity contribution in [2.24, 2.45) is 0 Å². The molecule has 0 unspecified atom stereocenters. The summed E-state index contributed by atoms with van der Waals surface area (Å²) >= 11 is 1.70. The van der Waals surface area contributed by atoms with Crippen LogP contribution in [0, 0.1) is 5.82 Å². The number of carbonyl (C=O) groups excluding carboxylic acids is 1. The Morgan fingerprint density at radius 3 is 2.60 bits per heavy atom. The zero-order valence-corrected chi connectivity index (χ0v) is 15.0. The maximum absolute atomic E-state index is 13.7. The minimum Gasteiger partial charge on any atom is -0.466 e. The van der Waals surface area contributed by atoms with Crippen LogP contribution in [-0.4, -0.2) is 18.8 Å². The summed E-state index contributed by atoms with van der Waals surface area (Å²) in [5.74, 6) is -0.603. The molecule has 0 saturated heterocycles. The average Bonchev–Trinajstić information content (AvgIpc) is 2.92. The number of allylic oxidation sites excluding steroid dienone is 2. The van der Waals surface area contributed by atoms with E-state index in [1.165, 1.54) is 17.0 Å². The number of fused-ring (bicyclic) bond motifs is 1. The Labute approximate surface area is 151 Å². The molecule has 0 atom stereocenters. The standard InChI is InChI=1S/C21H19FO2S/c1-3-24-21(23)12-16-11-15(19-9-6-17(22)13-20(16)19)10-14-4-7-18(25-2)8-5-14/h4-11,13H,3,12H2,1-2H3/b15-10+. The summed E-state index contributed by atoms with van der Waals surface area (Å²) in [6.45, 7) is 2.12. The van der Waals surface area contributed by atoms with E-state index in [4.69, 9.17) is 4.74 Å². The van der Waals surface area contributed by atoms with Crippen LogP contribution in [0.15, 0.2) is 53.4 Å². The van der Waals surface area contributed by atoms with Crippen LogP contribution in [0.25, 0.3) is 17.2 Å². The lowest BCUT2D eigenvalue weighted by atomic mass is 10.0. The Morgan fingerprint density at radius 2 is 1.92 bits per heavy atom. The quantitative estimate of drug-likeness (QED) is 0.528.